The van der Waals surface area contributed by atoms with E-state index >= 15 is 0 Å². The number of imidazole rings is 1. The van der Waals surface area contributed by atoms with E-state index in [1.165, 1.54) is 6.07 Å². The molecule has 0 aliphatic heterocycles. The number of allylic oxidation sites excluding steroid dienone is 9. The van der Waals surface area contributed by atoms with Crippen molar-refractivity contribution in [2.45, 2.75) is 60.2 Å². The van der Waals surface area contributed by atoms with E-state index in [2.05, 4.69) is 24.8 Å². The van der Waals surface area contributed by atoms with Gasteiger partial charge in [0, 0.05) is 23.5 Å². The molecule has 0 aliphatic carbocycles. The molecular weight excluding hydrogens is 935 g/mol. The third kappa shape index (κ3) is 9.56. The van der Waals surface area contributed by atoms with Crippen molar-refractivity contribution >= 4 is 55.9 Å². The van der Waals surface area contributed by atoms with Gasteiger partial charge in [0.15, 0.2) is 0 Å². The Labute approximate surface area is 387 Å². The van der Waals surface area contributed by atoms with E-state index in [0.717, 1.165) is 78.3 Å². The van der Waals surface area contributed by atoms with Gasteiger partial charge in [0.25, 0.3) is 0 Å². The largest absolute Gasteiger partial charge is 3.00 e. The summed E-state index contributed by atoms with van der Waals surface area (Å²) in [6.45, 7) is 13.1. The van der Waals surface area contributed by atoms with Gasteiger partial charge in [-0.15, -0.1) is 58.7 Å². The molecule has 310 valence electrons. The van der Waals surface area contributed by atoms with E-state index in [1.54, 1.807) is 18.2 Å². The second kappa shape index (κ2) is 20.4. The van der Waals surface area contributed by atoms with Crippen LogP contribution in [0.3, 0.4) is 0 Å². The molecule has 0 spiro atoms. The molecule has 0 atom stereocenters. The van der Waals surface area contributed by atoms with Crippen molar-refractivity contribution in [3.05, 3.63) is 215 Å². The first kappa shape index (κ1) is 38.5. The zero-order chi connectivity index (χ0) is 47.4. The van der Waals surface area contributed by atoms with E-state index in [0.29, 0.717) is 22.5 Å². The van der Waals surface area contributed by atoms with Crippen LogP contribution in [0.1, 0.15) is 93.6 Å². The average molecular weight is 992 g/mol. The molecule has 0 bridgehead atoms. The van der Waals surface area contributed by atoms with Crippen molar-refractivity contribution in [3.63, 3.8) is 0 Å². The van der Waals surface area contributed by atoms with Crippen molar-refractivity contribution in [2.75, 3.05) is 0 Å². The van der Waals surface area contributed by atoms with E-state index in [4.69, 9.17) is 16.3 Å². The first-order valence-corrected chi connectivity index (χ1v) is 20.3. The molecule has 5 heteroatoms. The van der Waals surface area contributed by atoms with Gasteiger partial charge in [-0.05, 0) is 64.7 Å². The summed E-state index contributed by atoms with van der Waals surface area (Å²) >= 11 is 0. The zero-order valence-electron chi connectivity index (χ0n) is 40.9. The molecule has 4 nitrogen and oxygen atoms in total. The molecule has 62 heavy (non-hydrogen) atoms. The summed E-state index contributed by atoms with van der Waals surface area (Å²) in [7, 11) is 0. The third-order valence-electron chi connectivity index (χ3n) is 10.5. The predicted molar refractivity (Wildman–Crippen MR) is 261 cm³/mol. The SMILES string of the molecule is C/C(=C\C(=C/C=[N-])c1ccccc1)c1[c-]ccc2c1oc1ccccc12.[2H]C([2H])([2H])c1c[c-]c(-c2nc3ccccc3n2-c2c(C([2H])(C)C)cccc2C([2H])(C)C)cc1C(=C)/C=C\C=C/C.[Ir+3]. The smallest absolute Gasteiger partial charge is 0.811 e. The number of rotatable bonds is 11. The summed E-state index contributed by atoms with van der Waals surface area (Å²) in [6.07, 6.45) is 12.2. The van der Waals surface area contributed by atoms with Crippen LogP contribution in [0.15, 0.2) is 169 Å². The molecule has 0 saturated heterocycles. The van der Waals surface area contributed by atoms with Crippen LogP contribution in [0.2, 0.25) is 0 Å². The molecule has 0 unspecified atom stereocenters. The van der Waals surface area contributed by atoms with Crippen LogP contribution in [0.25, 0.3) is 72.2 Å². The molecule has 2 aromatic heterocycles. The fourth-order valence-electron chi connectivity index (χ4n) is 7.51. The molecule has 8 aromatic rings. The summed E-state index contributed by atoms with van der Waals surface area (Å²) < 4.78 is 50.4. The van der Waals surface area contributed by atoms with Gasteiger partial charge in [-0.2, -0.15) is 6.21 Å². The second-order valence-corrected chi connectivity index (χ2v) is 15.2. The standard InChI is InChI=1S/C33H35N2.C24H17NO.Ir/c1-8-9-10-14-24(6)29-21-26(20-19-25(29)7)33-34-30-17-11-12-18-31(30)35(33)32-27(22(2)3)15-13-16-28(32)23(4)5;1-17(16-19(14-15-25)18-8-3-2-4-9-18)20-11-7-12-22-21-10-5-6-13-23(21)26-24(20)22;/h8-19,21-23H,6H2,1-5,7H3;2-10,12-16H,1H3;/q-1;-2;+3/b9-8-,14-10-;17-16+,19-14+;/i7D3,22D,23D;;. The van der Waals surface area contributed by atoms with Crippen LogP contribution < -0.4 is 0 Å². The molecule has 6 aromatic carbocycles. The number of aryl methyl sites for hydroxylation is 1. The van der Waals surface area contributed by atoms with Gasteiger partial charge < -0.3 is 14.4 Å². The summed E-state index contributed by atoms with van der Waals surface area (Å²) in [5.74, 6) is -1.39. The Morgan fingerprint density at radius 1 is 0.871 bits per heavy atom. The van der Waals surface area contributed by atoms with Gasteiger partial charge in [0.1, 0.15) is 5.58 Å². The van der Waals surface area contributed by atoms with Crippen LogP contribution in [-0.2, 0) is 20.1 Å². The normalized spacial score (nSPS) is 13.9. The molecule has 0 saturated carbocycles. The Balaban J connectivity index is 0.000000237. The van der Waals surface area contributed by atoms with E-state index in [-0.39, 0.29) is 25.7 Å². The molecule has 0 N–H and O–H groups in total. The van der Waals surface area contributed by atoms with E-state index < -0.39 is 18.6 Å². The molecular formula is C57H52IrN3O. The average Bonchev–Trinajstić information content (AvgIpc) is 3.87. The first-order chi connectivity index (χ1) is 31.4. The predicted octanol–water partition coefficient (Wildman–Crippen LogP) is 15.7. The fourth-order valence-corrected chi connectivity index (χ4v) is 7.51. The van der Waals surface area contributed by atoms with Crippen molar-refractivity contribution in [1.82, 2.24) is 9.55 Å². The quantitative estimate of drug-likeness (QED) is 0.0736. The van der Waals surface area contributed by atoms with Crippen LogP contribution in [0, 0.1) is 19.0 Å². The van der Waals surface area contributed by atoms with Gasteiger partial charge in [0.05, 0.1) is 16.9 Å². The van der Waals surface area contributed by atoms with Crippen molar-refractivity contribution < 1.29 is 31.4 Å². The number of hydrogen-bond donors (Lipinski definition) is 0. The van der Waals surface area contributed by atoms with Crippen LogP contribution in [0.5, 0.6) is 0 Å². The Morgan fingerprint density at radius 2 is 1.58 bits per heavy atom. The van der Waals surface area contributed by atoms with E-state index in [9.17, 15) is 5.41 Å². The molecule has 0 radical (unpaired) electrons. The molecule has 0 fully saturated rings. The first-order valence-electron chi connectivity index (χ1n) is 22.8. The minimum atomic E-state index is -2.36. The summed E-state index contributed by atoms with van der Waals surface area (Å²) in [5.41, 5.74) is 11.2. The monoisotopic (exact) mass is 992 g/mol. The van der Waals surface area contributed by atoms with E-state index in [1.807, 2.05) is 174 Å². The fraction of sp³-hybridized carbons (Fsp3) is 0.158. The van der Waals surface area contributed by atoms with Gasteiger partial charge in [-0.3, -0.25) is 4.98 Å². The van der Waals surface area contributed by atoms with Crippen LogP contribution >= 0.6 is 0 Å². The number of nitrogens with zero attached hydrogens (tertiary/aromatic N) is 3. The number of benzene rings is 6. The maximum atomic E-state index is 9.29. The molecule has 0 amide bonds. The maximum absolute atomic E-state index is 9.29. The van der Waals surface area contributed by atoms with Gasteiger partial charge >= 0.3 is 20.1 Å². The van der Waals surface area contributed by atoms with Crippen LogP contribution in [0.4, 0.5) is 0 Å². The molecule has 2 heterocycles. The minimum absolute atomic E-state index is 0. The Bertz CT molecular complexity index is 3180. The second-order valence-electron chi connectivity index (χ2n) is 15.2. The topological polar surface area (TPSA) is 53.3 Å². The maximum Gasteiger partial charge on any atom is 3.00 e. The molecule has 0 aliphatic rings. The Hall–Kier alpha value is -6.39. The molecule has 8 rings (SSSR count). The van der Waals surface area contributed by atoms with Gasteiger partial charge in [-0.25, -0.2) is 0 Å². The van der Waals surface area contributed by atoms with Crippen molar-refractivity contribution in [3.8, 4) is 17.1 Å². The number of hydrogen-bond acceptors (Lipinski definition) is 2. The number of fused-ring (bicyclic) bond motifs is 4. The summed E-state index contributed by atoms with van der Waals surface area (Å²) in [6, 6.07) is 45.3. The Morgan fingerprint density at radius 3 is 2.29 bits per heavy atom. The number of furan rings is 1. The third-order valence-corrected chi connectivity index (χ3v) is 10.5. The van der Waals surface area contributed by atoms with Gasteiger partial charge in [-0.1, -0.05) is 174 Å². The van der Waals surface area contributed by atoms with Crippen LogP contribution in [-0.4, -0.2) is 15.8 Å². The number of para-hydroxylation sites is 4. The van der Waals surface area contributed by atoms with Crippen molar-refractivity contribution in [2.24, 2.45) is 0 Å². The van der Waals surface area contributed by atoms with Crippen molar-refractivity contribution in [1.29, 1.82) is 0 Å². The summed E-state index contributed by atoms with van der Waals surface area (Å²) in [5, 5.41) is 11.5. The minimum Gasteiger partial charge on any atom is -0.811 e. The number of aromatic nitrogens is 2. The summed E-state index contributed by atoms with van der Waals surface area (Å²) in [4.78, 5) is 4.98. The van der Waals surface area contributed by atoms with Gasteiger partial charge in [0.2, 0.25) is 0 Å². The zero-order valence-corrected chi connectivity index (χ0v) is 38.3. The Kier molecular flexibility index (Phi) is 12.7.